The fourth-order valence-corrected chi connectivity index (χ4v) is 4.31. The summed E-state index contributed by atoms with van der Waals surface area (Å²) in [5.74, 6) is 0.318. The zero-order valence-electron chi connectivity index (χ0n) is 17.2. The highest BCUT2D eigenvalue weighted by atomic mass is 32.2. The maximum absolute atomic E-state index is 13.0. The first-order chi connectivity index (χ1) is 14.3. The Hall–Kier alpha value is -2.63. The van der Waals surface area contributed by atoms with Crippen molar-refractivity contribution in [3.05, 3.63) is 30.0 Å². The number of amides is 1. The maximum atomic E-state index is 13.0. The van der Waals surface area contributed by atoms with Gasteiger partial charge in [0.2, 0.25) is 21.8 Å². The standard InChI is InChI=1S/C19H26N4O6S/c1-13(2)28-17-5-4-15(30(25,26)23-6-8-27-9-7-23)11-16(17)20-12-18(24)21-19-10-14(3)22-29-19/h4-5,10-11,13,20H,6-9,12H2,1-3H3,(H,21,24). The van der Waals surface area contributed by atoms with E-state index in [1.807, 2.05) is 13.8 Å². The third-order valence-corrected chi connectivity index (χ3v) is 6.15. The summed E-state index contributed by atoms with van der Waals surface area (Å²) >= 11 is 0. The second-order valence-corrected chi connectivity index (χ2v) is 9.01. The van der Waals surface area contributed by atoms with E-state index in [0.717, 1.165) is 0 Å². The molecule has 2 heterocycles. The van der Waals surface area contributed by atoms with Crippen LogP contribution >= 0.6 is 0 Å². The molecule has 0 spiro atoms. The second-order valence-electron chi connectivity index (χ2n) is 7.08. The van der Waals surface area contributed by atoms with Gasteiger partial charge in [0, 0.05) is 19.2 Å². The van der Waals surface area contributed by atoms with E-state index in [0.29, 0.717) is 43.4 Å². The predicted molar refractivity (Wildman–Crippen MR) is 110 cm³/mol. The summed E-state index contributed by atoms with van der Waals surface area (Å²) in [6, 6.07) is 6.17. The number of carbonyl (C=O) groups is 1. The number of carbonyl (C=O) groups excluding carboxylic acids is 1. The first kappa shape index (κ1) is 22.1. The molecule has 1 amide bonds. The lowest BCUT2D eigenvalue weighted by molar-refractivity contribution is -0.114. The quantitative estimate of drug-likeness (QED) is 0.640. The molecule has 1 fully saturated rings. The minimum atomic E-state index is -3.68. The zero-order chi connectivity index (χ0) is 21.7. The Kier molecular flexibility index (Phi) is 6.95. The molecule has 0 bridgehead atoms. The van der Waals surface area contributed by atoms with Gasteiger partial charge in [-0.2, -0.15) is 4.31 Å². The minimum absolute atomic E-state index is 0.116. The highest BCUT2D eigenvalue weighted by molar-refractivity contribution is 7.89. The number of aryl methyl sites for hydroxylation is 1. The number of nitrogens with one attached hydrogen (secondary N) is 2. The maximum Gasteiger partial charge on any atom is 0.246 e. The Morgan fingerprint density at radius 1 is 1.27 bits per heavy atom. The van der Waals surface area contributed by atoms with Crippen LogP contribution in [0.15, 0.2) is 33.7 Å². The van der Waals surface area contributed by atoms with E-state index in [2.05, 4.69) is 15.8 Å². The molecule has 1 saturated heterocycles. The van der Waals surface area contributed by atoms with Crippen LogP contribution < -0.4 is 15.4 Å². The summed E-state index contributed by atoms with van der Waals surface area (Å²) in [5.41, 5.74) is 1.05. The normalized spacial score (nSPS) is 15.2. The van der Waals surface area contributed by atoms with Crippen molar-refractivity contribution in [2.45, 2.75) is 31.8 Å². The number of rotatable bonds is 8. The molecule has 3 rings (SSSR count). The number of ether oxygens (including phenoxy) is 2. The van der Waals surface area contributed by atoms with Crippen LogP contribution in [-0.4, -0.2) is 62.7 Å². The van der Waals surface area contributed by atoms with Crippen molar-refractivity contribution in [3.63, 3.8) is 0 Å². The van der Waals surface area contributed by atoms with Crippen LogP contribution in [0.25, 0.3) is 0 Å². The van der Waals surface area contributed by atoms with Crippen molar-refractivity contribution in [2.24, 2.45) is 0 Å². The molecule has 164 valence electrons. The number of hydrogen-bond donors (Lipinski definition) is 2. The van der Waals surface area contributed by atoms with Crippen molar-refractivity contribution in [1.29, 1.82) is 0 Å². The smallest absolute Gasteiger partial charge is 0.246 e. The van der Waals surface area contributed by atoms with E-state index in [9.17, 15) is 13.2 Å². The summed E-state index contributed by atoms with van der Waals surface area (Å²) in [4.78, 5) is 12.3. The average Bonchev–Trinajstić information content (AvgIpc) is 3.11. The molecule has 1 aromatic heterocycles. The Morgan fingerprint density at radius 3 is 2.63 bits per heavy atom. The molecule has 1 aliphatic rings. The molecule has 0 atom stereocenters. The Bertz CT molecular complexity index is 983. The summed E-state index contributed by atoms with van der Waals surface area (Å²) < 4.78 is 43.3. The van der Waals surface area contributed by atoms with Crippen LogP contribution in [0.5, 0.6) is 5.75 Å². The number of morpholine rings is 1. The molecule has 2 aromatic rings. The summed E-state index contributed by atoms with van der Waals surface area (Å²) in [6.45, 7) is 6.67. The largest absolute Gasteiger partial charge is 0.489 e. The molecule has 0 radical (unpaired) electrons. The molecule has 30 heavy (non-hydrogen) atoms. The molecule has 11 heteroatoms. The highest BCUT2D eigenvalue weighted by Gasteiger charge is 2.27. The molecule has 1 aliphatic heterocycles. The lowest BCUT2D eigenvalue weighted by Gasteiger charge is -2.26. The van der Waals surface area contributed by atoms with Gasteiger partial charge in [-0.15, -0.1) is 0 Å². The van der Waals surface area contributed by atoms with Gasteiger partial charge >= 0.3 is 0 Å². The third kappa shape index (κ3) is 5.49. The van der Waals surface area contributed by atoms with Crippen molar-refractivity contribution in [3.8, 4) is 5.75 Å². The molecule has 10 nitrogen and oxygen atoms in total. The molecule has 2 N–H and O–H groups in total. The predicted octanol–water partition coefficient (Wildman–Crippen LogP) is 1.84. The van der Waals surface area contributed by atoms with Crippen LogP contribution in [0.2, 0.25) is 0 Å². The van der Waals surface area contributed by atoms with E-state index in [1.54, 1.807) is 19.1 Å². The van der Waals surface area contributed by atoms with Crippen LogP contribution in [0, 0.1) is 6.92 Å². The van der Waals surface area contributed by atoms with Crippen molar-refractivity contribution in [1.82, 2.24) is 9.46 Å². The molecular weight excluding hydrogens is 412 g/mol. The summed E-state index contributed by atoms with van der Waals surface area (Å²) in [7, 11) is -3.68. The minimum Gasteiger partial charge on any atom is -0.489 e. The van der Waals surface area contributed by atoms with Gasteiger partial charge in [0.25, 0.3) is 0 Å². The second kappa shape index (κ2) is 9.45. The van der Waals surface area contributed by atoms with Gasteiger partial charge in [-0.05, 0) is 39.0 Å². The van der Waals surface area contributed by atoms with Crippen LogP contribution in [0.3, 0.4) is 0 Å². The third-order valence-electron chi connectivity index (χ3n) is 4.25. The fraction of sp³-hybridized carbons (Fsp3) is 0.474. The number of sulfonamides is 1. The first-order valence-corrected chi connectivity index (χ1v) is 11.1. The highest BCUT2D eigenvalue weighted by Crippen LogP contribution is 2.30. The van der Waals surface area contributed by atoms with Gasteiger partial charge in [-0.1, -0.05) is 5.16 Å². The first-order valence-electron chi connectivity index (χ1n) is 9.61. The molecule has 0 unspecified atom stereocenters. The monoisotopic (exact) mass is 438 g/mol. The Labute approximate surface area is 175 Å². The lowest BCUT2D eigenvalue weighted by atomic mass is 10.3. The van der Waals surface area contributed by atoms with Gasteiger partial charge in [-0.25, -0.2) is 8.42 Å². The van der Waals surface area contributed by atoms with E-state index in [-0.39, 0.29) is 29.3 Å². The topological polar surface area (TPSA) is 123 Å². The lowest BCUT2D eigenvalue weighted by Crippen LogP contribution is -2.40. The fourth-order valence-electron chi connectivity index (χ4n) is 2.88. The molecule has 0 aliphatic carbocycles. The zero-order valence-corrected chi connectivity index (χ0v) is 18.0. The van der Waals surface area contributed by atoms with Crippen molar-refractivity contribution in [2.75, 3.05) is 43.5 Å². The van der Waals surface area contributed by atoms with Gasteiger partial charge in [0.1, 0.15) is 5.75 Å². The van der Waals surface area contributed by atoms with Gasteiger partial charge in [0.05, 0.1) is 42.1 Å². The summed E-state index contributed by atoms with van der Waals surface area (Å²) in [5, 5.41) is 9.24. The number of benzene rings is 1. The number of hydrogen-bond acceptors (Lipinski definition) is 8. The number of anilines is 2. The van der Waals surface area contributed by atoms with E-state index >= 15 is 0 Å². The van der Waals surface area contributed by atoms with Crippen LogP contribution in [0.4, 0.5) is 11.6 Å². The van der Waals surface area contributed by atoms with Crippen molar-refractivity contribution >= 4 is 27.5 Å². The number of aromatic nitrogens is 1. The van der Waals surface area contributed by atoms with Gasteiger partial charge in [0.15, 0.2) is 0 Å². The average molecular weight is 439 g/mol. The van der Waals surface area contributed by atoms with Gasteiger partial charge in [-0.3, -0.25) is 10.1 Å². The molecule has 1 aromatic carbocycles. The van der Waals surface area contributed by atoms with Crippen LogP contribution in [0.1, 0.15) is 19.5 Å². The van der Waals surface area contributed by atoms with Crippen LogP contribution in [-0.2, 0) is 19.6 Å². The molecule has 0 saturated carbocycles. The SMILES string of the molecule is Cc1cc(NC(=O)CNc2cc(S(=O)(=O)N3CCOCC3)ccc2OC(C)C)on1. The van der Waals surface area contributed by atoms with E-state index < -0.39 is 10.0 Å². The molecular formula is C19H26N4O6S. The Morgan fingerprint density at radius 2 is 2.00 bits per heavy atom. The Balaban J connectivity index is 1.77. The number of nitrogens with zero attached hydrogens (tertiary/aromatic N) is 2. The van der Waals surface area contributed by atoms with E-state index in [1.165, 1.54) is 16.4 Å². The van der Waals surface area contributed by atoms with Gasteiger partial charge < -0.3 is 19.3 Å². The van der Waals surface area contributed by atoms with E-state index in [4.69, 9.17) is 14.0 Å². The summed E-state index contributed by atoms with van der Waals surface area (Å²) in [6.07, 6.45) is -0.127. The van der Waals surface area contributed by atoms with Crippen molar-refractivity contribution < 1.29 is 27.2 Å².